The number of benzene rings is 1. The minimum atomic E-state index is 0.145. The van der Waals surface area contributed by atoms with E-state index in [1.54, 1.807) is 11.8 Å². The summed E-state index contributed by atoms with van der Waals surface area (Å²) in [4.78, 5) is 37.1. The first-order valence-corrected chi connectivity index (χ1v) is 15.9. The Hall–Kier alpha value is -2.53. The van der Waals surface area contributed by atoms with Crippen molar-refractivity contribution in [2.45, 2.75) is 84.1 Å². The molecule has 9 nitrogen and oxygen atoms in total. The fourth-order valence-corrected chi connectivity index (χ4v) is 5.33. The number of hydrogen-bond acceptors (Lipinski definition) is 8. The van der Waals surface area contributed by atoms with Crippen molar-refractivity contribution in [3.63, 3.8) is 0 Å². The number of carbonyl (C=O) groups is 3. The lowest BCUT2D eigenvalue weighted by Crippen LogP contribution is -2.43. The first-order valence-electron chi connectivity index (χ1n) is 14.9. The number of amides is 2. The molecular weight excluding hydrogens is 550 g/mol. The van der Waals surface area contributed by atoms with E-state index in [1.165, 1.54) is 18.2 Å². The number of nitrogens with two attached hydrogens (primary N) is 2. The van der Waals surface area contributed by atoms with Crippen LogP contribution in [0.15, 0.2) is 40.2 Å². The summed E-state index contributed by atoms with van der Waals surface area (Å²) < 4.78 is 5.56. The predicted molar refractivity (Wildman–Crippen MR) is 181 cm³/mol. The molecule has 10 heteroatoms. The summed E-state index contributed by atoms with van der Waals surface area (Å²) >= 11 is 1.76. The Balaban J connectivity index is -0.00000152. The quantitative estimate of drug-likeness (QED) is 0.0819. The zero-order valence-electron chi connectivity index (χ0n) is 27.2. The highest BCUT2D eigenvalue weighted by molar-refractivity contribution is 7.99. The molecule has 2 amide bonds. The number of nitrogens with one attached hydrogen (secondary N) is 1. The van der Waals surface area contributed by atoms with Crippen LogP contribution in [0.2, 0.25) is 0 Å². The van der Waals surface area contributed by atoms with E-state index in [0.717, 1.165) is 81.3 Å². The van der Waals surface area contributed by atoms with Crippen LogP contribution < -0.4 is 16.8 Å². The largest absolute Gasteiger partial charge is 0.381 e. The van der Waals surface area contributed by atoms with Crippen LogP contribution in [0.25, 0.3) is 0 Å². The van der Waals surface area contributed by atoms with Crippen molar-refractivity contribution in [2.24, 2.45) is 22.4 Å². The van der Waals surface area contributed by atoms with Crippen LogP contribution in [0, 0.1) is 5.92 Å². The maximum Gasteiger partial charge on any atom is 0.220 e. The average molecular weight is 610 g/mol. The standard InChI is InChI=1S/C27H43N3O2S.C2H6.CH3NO.CH5N.CH2O/c1-6-22-11-12-24(28-5)26(19-22)33-17-9-10-27(31)29-25(23-13-15-32-16-14-23)18-21(4)20-30(7-2)8-3;1-2;2-1-3;2*1-2/h11-12,19,23,25H,4-10,13-18,20H2,1-3H3,(H,29,31);1-2H3;1H,(H2,2,3);2H2,1H3;1H2. The number of primary amides is 1. The molecule has 1 saturated heterocycles. The number of nitrogens with zero attached hydrogens (tertiary/aromatic N) is 2. The van der Waals surface area contributed by atoms with Gasteiger partial charge in [0.25, 0.3) is 0 Å². The molecular formula is C32H59N5O4S. The second kappa shape index (κ2) is 31.4. The van der Waals surface area contributed by atoms with Crippen LogP contribution in [0.3, 0.4) is 0 Å². The SMILES string of the molecule is C=Nc1ccc(CC)cc1SCCCC(=O)NC(CC(=C)CN(CC)CC)C1CCOCC1.C=O.CC.CN.NC=O. The van der Waals surface area contributed by atoms with Gasteiger partial charge in [-0.3, -0.25) is 19.5 Å². The van der Waals surface area contributed by atoms with E-state index >= 15 is 0 Å². The molecule has 0 bridgehead atoms. The van der Waals surface area contributed by atoms with Crippen LogP contribution in [0.5, 0.6) is 0 Å². The molecule has 1 heterocycles. The highest BCUT2D eigenvalue weighted by Crippen LogP contribution is 2.31. The first-order chi connectivity index (χ1) is 20.4. The lowest BCUT2D eigenvalue weighted by Gasteiger charge is -2.32. The molecule has 242 valence electrons. The molecule has 2 rings (SSSR count). The van der Waals surface area contributed by atoms with Gasteiger partial charge in [0.1, 0.15) is 6.79 Å². The molecule has 0 radical (unpaired) electrons. The third-order valence-corrected chi connectivity index (χ3v) is 7.57. The summed E-state index contributed by atoms with van der Waals surface area (Å²) in [7, 11) is 1.50. The fraction of sp³-hybridized carbons (Fsp3) is 0.625. The monoisotopic (exact) mass is 609 g/mol. The number of hydrogen-bond donors (Lipinski definition) is 3. The van der Waals surface area contributed by atoms with Gasteiger partial charge in [-0.05, 0) is 88.3 Å². The van der Waals surface area contributed by atoms with Gasteiger partial charge in [-0.1, -0.05) is 52.8 Å². The Morgan fingerprint density at radius 2 is 1.76 bits per heavy atom. The Labute approximate surface area is 260 Å². The average Bonchev–Trinajstić information content (AvgIpc) is 3.05. The van der Waals surface area contributed by atoms with Crippen LogP contribution in [-0.4, -0.2) is 82.4 Å². The number of aliphatic imine (C=N–C) groups is 1. The zero-order chi connectivity index (χ0) is 32.8. The third-order valence-electron chi connectivity index (χ3n) is 6.44. The van der Waals surface area contributed by atoms with Gasteiger partial charge in [-0.25, -0.2) is 0 Å². The summed E-state index contributed by atoms with van der Waals surface area (Å²) in [5.41, 5.74) is 12.1. The van der Waals surface area contributed by atoms with E-state index in [0.29, 0.717) is 12.3 Å². The second-order valence-electron chi connectivity index (χ2n) is 8.94. The third kappa shape index (κ3) is 20.4. The number of aryl methyl sites for hydroxylation is 1. The molecule has 0 saturated carbocycles. The fourth-order valence-electron chi connectivity index (χ4n) is 4.31. The molecule has 5 N–H and O–H groups in total. The van der Waals surface area contributed by atoms with Crippen LogP contribution >= 0.6 is 11.8 Å². The van der Waals surface area contributed by atoms with Crippen molar-refractivity contribution in [3.8, 4) is 0 Å². The van der Waals surface area contributed by atoms with Gasteiger partial charge >= 0.3 is 0 Å². The number of rotatable bonds is 15. The zero-order valence-corrected chi connectivity index (χ0v) is 28.0. The first kappa shape index (κ1) is 43.9. The van der Waals surface area contributed by atoms with Gasteiger partial charge < -0.3 is 26.3 Å². The van der Waals surface area contributed by atoms with Gasteiger partial charge in [0, 0.05) is 37.1 Å². The summed E-state index contributed by atoms with van der Waals surface area (Å²) in [6.45, 7) is 25.0. The van der Waals surface area contributed by atoms with Gasteiger partial charge in [0.05, 0.1) is 5.69 Å². The maximum atomic E-state index is 12.8. The van der Waals surface area contributed by atoms with Crippen molar-refractivity contribution < 1.29 is 19.1 Å². The highest BCUT2D eigenvalue weighted by Gasteiger charge is 2.26. The Morgan fingerprint density at radius 3 is 2.26 bits per heavy atom. The van der Waals surface area contributed by atoms with Crippen LogP contribution in [-0.2, 0) is 25.5 Å². The normalized spacial score (nSPS) is 12.8. The van der Waals surface area contributed by atoms with Crippen molar-refractivity contribution in [1.82, 2.24) is 10.2 Å². The molecule has 1 unspecified atom stereocenters. The van der Waals surface area contributed by atoms with Gasteiger partial charge in [-0.2, -0.15) is 0 Å². The van der Waals surface area contributed by atoms with Crippen molar-refractivity contribution in [2.75, 3.05) is 45.6 Å². The minimum absolute atomic E-state index is 0.145. The van der Waals surface area contributed by atoms with Gasteiger partial charge in [-0.15, -0.1) is 11.8 Å². The summed E-state index contributed by atoms with van der Waals surface area (Å²) in [5, 5.41) is 3.35. The number of ether oxygens (including phenoxy) is 1. The number of likely N-dealkylation sites (N-methyl/N-ethyl adjacent to an activating group) is 1. The van der Waals surface area contributed by atoms with Crippen molar-refractivity contribution >= 4 is 43.3 Å². The molecule has 42 heavy (non-hydrogen) atoms. The van der Waals surface area contributed by atoms with E-state index in [-0.39, 0.29) is 18.4 Å². The highest BCUT2D eigenvalue weighted by atomic mass is 32.2. The Morgan fingerprint density at radius 1 is 1.19 bits per heavy atom. The predicted octanol–water partition coefficient (Wildman–Crippen LogP) is 5.17. The molecule has 1 atom stereocenters. The molecule has 1 aliphatic rings. The molecule has 1 aromatic carbocycles. The molecule has 1 aliphatic heterocycles. The Kier molecular flexibility index (Phi) is 32.8. The lowest BCUT2D eigenvalue weighted by molar-refractivity contribution is -0.122. The minimum Gasteiger partial charge on any atom is -0.381 e. The van der Waals surface area contributed by atoms with Gasteiger partial charge in [0.2, 0.25) is 12.3 Å². The van der Waals surface area contributed by atoms with E-state index in [9.17, 15) is 4.79 Å². The molecule has 0 aliphatic carbocycles. The summed E-state index contributed by atoms with van der Waals surface area (Å²) in [6.07, 6.45) is 5.49. The second-order valence-corrected chi connectivity index (χ2v) is 10.1. The van der Waals surface area contributed by atoms with Gasteiger partial charge in [0.15, 0.2) is 0 Å². The van der Waals surface area contributed by atoms with E-state index < -0.39 is 0 Å². The van der Waals surface area contributed by atoms with Crippen molar-refractivity contribution in [1.29, 1.82) is 0 Å². The smallest absolute Gasteiger partial charge is 0.220 e. The molecule has 0 aromatic heterocycles. The maximum absolute atomic E-state index is 12.8. The van der Waals surface area contributed by atoms with E-state index in [4.69, 9.17) is 14.3 Å². The van der Waals surface area contributed by atoms with E-state index in [1.807, 2.05) is 26.7 Å². The van der Waals surface area contributed by atoms with Crippen LogP contribution in [0.1, 0.15) is 72.3 Å². The van der Waals surface area contributed by atoms with Crippen molar-refractivity contribution in [3.05, 3.63) is 35.9 Å². The number of carbonyl (C=O) groups excluding carboxylic acids is 3. The molecule has 1 aromatic rings. The number of thioether (sulfide) groups is 1. The van der Waals surface area contributed by atoms with E-state index in [2.05, 4.69) is 72.9 Å². The summed E-state index contributed by atoms with van der Waals surface area (Å²) in [6, 6.07) is 6.48. The Bertz CT molecular complexity index is 831. The summed E-state index contributed by atoms with van der Waals surface area (Å²) in [5.74, 6) is 1.50. The molecule has 1 fully saturated rings. The lowest BCUT2D eigenvalue weighted by atomic mass is 9.87. The molecule has 0 spiro atoms. The van der Waals surface area contributed by atoms with Crippen LogP contribution in [0.4, 0.5) is 5.69 Å². The topological polar surface area (TPSA) is 140 Å².